The van der Waals surface area contributed by atoms with Gasteiger partial charge in [-0.15, -0.1) is 0 Å². The van der Waals surface area contributed by atoms with Crippen LogP contribution >= 0.6 is 0 Å². The zero-order valence-corrected chi connectivity index (χ0v) is 18.5. The first-order valence-electron chi connectivity index (χ1n) is 11.2. The number of amides is 1. The molecule has 2 aromatic heterocycles. The molecule has 5 aromatic rings. The van der Waals surface area contributed by atoms with E-state index >= 15 is 0 Å². The number of benzene rings is 3. The minimum absolute atomic E-state index is 0.0454. The molecule has 0 aliphatic carbocycles. The largest absolute Gasteiger partial charge is 0.323 e. The standard InChI is InChI=1S/C29H23N3O2/c33-27(24-10-5-2-6-11-24)17-18-28(34)30-25-12-7-19-32-20-26(31-29(25)32)23-15-13-22(14-16-23)21-8-3-1-4-9-21/h1-16,19-20H,17-18H2,(H,30,34). The highest BCUT2D eigenvalue weighted by atomic mass is 16.2. The van der Waals surface area contributed by atoms with Crippen LogP contribution in [0.5, 0.6) is 0 Å². The van der Waals surface area contributed by atoms with E-state index < -0.39 is 0 Å². The molecule has 1 amide bonds. The number of hydrogen-bond acceptors (Lipinski definition) is 3. The number of nitrogens with zero attached hydrogens (tertiary/aromatic N) is 2. The SMILES string of the molecule is O=C(CCC(=O)c1ccccc1)Nc1cccn2cc(-c3ccc(-c4ccccc4)cc3)nc12. The van der Waals surface area contributed by atoms with Crippen LogP contribution in [0.15, 0.2) is 109 Å². The van der Waals surface area contributed by atoms with E-state index in [1.165, 1.54) is 5.56 Å². The first-order chi connectivity index (χ1) is 16.7. The number of aromatic nitrogens is 2. The fraction of sp³-hybridized carbons (Fsp3) is 0.0690. The number of carbonyl (C=O) groups excluding carboxylic acids is 2. The summed E-state index contributed by atoms with van der Waals surface area (Å²) in [4.78, 5) is 29.6. The zero-order valence-electron chi connectivity index (χ0n) is 18.5. The number of hydrogen-bond donors (Lipinski definition) is 1. The lowest BCUT2D eigenvalue weighted by Crippen LogP contribution is -2.14. The summed E-state index contributed by atoms with van der Waals surface area (Å²) in [5, 5.41) is 2.91. The predicted octanol–water partition coefficient (Wildman–Crippen LogP) is 6.27. The number of rotatable bonds is 7. The van der Waals surface area contributed by atoms with Crippen molar-refractivity contribution in [2.75, 3.05) is 5.32 Å². The highest BCUT2D eigenvalue weighted by Crippen LogP contribution is 2.26. The van der Waals surface area contributed by atoms with E-state index in [-0.39, 0.29) is 24.5 Å². The fourth-order valence-electron chi connectivity index (χ4n) is 3.92. The molecule has 0 saturated carbocycles. The second kappa shape index (κ2) is 9.55. The minimum Gasteiger partial charge on any atom is -0.323 e. The number of nitrogens with one attached hydrogen (secondary N) is 1. The average molecular weight is 446 g/mol. The monoisotopic (exact) mass is 445 g/mol. The average Bonchev–Trinajstić information content (AvgIpc) is 3.34. The molecule has 2 heterocycles. The number of carbonyl (C=O) groups is 2. The third-order valence-electron chi connectivity index (χ3n) is 5.72. The van der Waals surface area contributed by atoms with Crippen LogP contribution in [-0.4, -0.2) is 21.1 Å². The van der Waals surface area contributed by atoms with E-state index in [2.05, 4.69) is 41.7 Å². The summed E-state index contributed by atoms with van der Waals surface area (Å²) in [6, 6.07) is 31.2. The Labute approximate surface area is 197 Å². The summed E-state index contributed by atoms with van der Waals surface area (Å²) >= 11 is 0. The molecule has 0 unspecified atom stereocenters. The van der Waals surface area contributed by atoms with Gasteiger partial charge in [-0.2, -0.15) is 0 Å². The summed E-state index contributed by atoms with van der Waals surface area (Å²) in [6.07, 6.45) is 4.12. The fourth-order valence-corrected chi connectivity index (χ4v) is 3.92. The Hall–Kier alpha value is -4.51. The third-order valence-corrected chi connectivity index (χ3v) is 5.72. The van der Waals surface area contributed by atoms with Gasteiger partial charge in [0.1, 0.15) is 0 Å². The number of Topliss-reactive ketones (excluding diaryl/α,β-unsaturated/α-hetero) is 1. The van der Waals surface area contributed by atoms with E-state index in [1.807, 2.05) is 65.3 Å². The molecule has 0 bridgehead atoms. The lowest BCUT2D eigenvalue weighted by molar-refractivity contribution is -0.116. The van der Waals surface area contributed by atoms with Crippen LogP contribution in [0.2, 0.25) is 0 Å². The second-order valence-corrected chi connectivity index (χ2v) is 8.06. The molecule has 0 radical (unpaired) electrons. The summed E-state index contributed by atoms with van der Waals surface area (Å²) < 4.78 is 1.89. The van der Waals surface area contributed by atoms with Crippen molar-refractivity contribution in [3.63, 3.8) is 0 Å². The summed E-state index contributed by atoms with van der Waals surface area (Å²) in [6.45, 7) is 0. The van der Waals surface area contributed by atoms with Gasteiger partial charge in [-0.1, -0.05) is 84.9 Å². The number of fused-ring (bicyclic) bond motifs is 1. The highest BCUT2D eigenvalue weighted by molar-refractivity contribution is 6.01. The molecule has 0 aliphatic heterocycles. The summed E-state index contributed by atoms with van der Waals surface area (Å²) in [5.41, 5.74) is 6.02. The summed E-state index contributed by atoms with van der Waals surface area (Å²) in [7, 11) is 0. The van der Waals surface area contributed by atoms with E-state index in [4.69, 9.17) is 4.98 Å². The van der Waals surface area contributed by atoms with Crippen molar-refractivity contribution in [3.8, 4) is 22.4 Å². The van der Waals surface area contributed by atoms with Crippen LogP contribution in [0.3, 0.4) is 0 Å². The Bertz CT molecular complexity index is 1440. The van der Waals surface area contributed by atoms with Gasteiger partial charge >= 0.3 is 0 Å². The van der Waals surface area contributed by atoms with Gasteiger partial charge in [0.15, 0.2) is 11.4 Å². The summed E-state index contributed by atoms with van der Waals surface area (Å²) in [5.74, 6) is -0.259. The molecule has 34 heavy (non-hydrogen) atoms. The number of imidazole rings is 1. The topological polar surface area (TPSA) is 63.5 Å². The number of ketones is 1. The van der Waals surface area contributed by atoms with Gasteiger partial charge in [0, 0.05) is 36.4 Å². The molecular weight excluding hydrogens is 422 g/mol. The maximum absolute atomic E-state index is 12.5. The molecule has 0 atom stereocenters. The molecule has 166 valence electrons. The van der Waals surface area contributed by atoms with Crippen LogP contribution in [0.1, 0.15) is 23.2 Å². The Kier molecular flexibility index (Phi) is 5.99. The Balaban J connectivity index is 1.31. The Morgan fingerprint density at radius 1 is 0.706 bits per heavy atom. The van der Waals surface area contributed by atoms with E-state index in [0.29, 0.717) is 16.9 Å². The molecule has 5 nitrogen and oxygen atoms in total. The van der Waals surface area contributed by atoms with Crippen molar-refractivity contribution in [1.29, 1.82) is 0 Å². The zero-order chi connectivity index (χ0) is 23.3. The quantitative estimate of drug-likeness (QED) is 0.300. The lowest BCUT2D eigenvalue weighted by Gasteiger charge is -2.06. The van der Waals surface area contributed by atoms with Crippen molar-refractivity contribution >= 4 is 23.0 Å². The molecular formula is C29H23N3O2. The van der Waals surface area contributed by atoms with Gasteiger partial charge in [-0.3, -0.25) is 9.59 Å². The number of anilines is 1. The van der Waals surface area contributed by atoms with Gasteiger partial charge < -0.3 is 9.72 Å². The van der Waals surface area contributed by atoms with Gasteiger partial charge in [-0.25, -0.2) is 4.98 Å². The predicted molar refractivity (Wildman–Crippen MR) is 135 cm³/mol. The third kappa shape index (κ3) is 4.64. The van der Waals surface area contributed by atoms with E-state index in [0.717, 1.165) is 16.8 Å². The van der Waals surface area contributed by atoms with Gasteiger partial charge in [0.25, 0.3) is 0 Å². The van der Waals surface area contributed by atoms with E-state index in [9.17, 15) is 9.59 Å². The van der Waals surface area contributed by atoms with Gasteiger partial charge in [-0.05, 0) is 23.3 Å². The van der Waals surface area contributed by atoms with Crippen LogP contribution in [0, 0.1) is 0 Å². The van der Waals surface area contributed by atoms with Crippen molar-refractivity contribution in [1.82, 2.24) is 9.38 Å². The van der Waals surface area contributed by atoms with Crippen LogP contribution in [0.25, 0.3) is 28.0 Å². The first-order valence-corrected chi connectivity index (χ1v) is 11.2. The molecule has 0 aliphatic rings. The molecule has 0 saturated heterocycles. The van der Waals surface area contributed by atoms with Crippen molar-refractivity contribution in [2.45, 2.75) is 12.8 Å². The van der Waals surface area contributed by atoms with Crippen LogP contribution in [0.4, 0.5) is 5.69 Å². The maximum Gasteiger partial charge on any atom is 0.224 e. The van der Waals surface area contributed by atoms with Crippen LogP contribution in [-0.2, 0) is 4.79 Å². The van der Waals surface area contributed by atoms with E-state index in [1.54, 1.807) is 12.1 Å². The molecule has 5 rings (SSSR count). The van der Waals surface area contributed by atoms with Crippen LogP contribution < -0.4 is 5.32 Å². The Morgan fingerprint density at radius 3 is 2.09 bits per heavy atom. The van der Waals surface area contributed by atoms with Gasteiger partial charge in [0.2, 0.25) is 5.91 Å². The van der Waals surface area contributed by atoms with Gasteiger partial charge in [0.05, 0.1) is 11.4 Å². The smallest absolute Gasteiger partial charge is 0.224 e. The first kappa shape index (κ1) is 21.3. The molecule has 1 N–H and O–H groups in total. The van der Waals surface area contributed by atoms with Crippen molar-refractivity contribution in [2.24, 2.45) is 0 Å². The lowest BCUT2D eigenvalue weighted by atomic mass is 10.0. The minimum atomic E-state index is -0.214. The number of pyridine rings is 1. The normalized spacial score (nSPS) is 10.8. The molecule has 5 heteroatoms. The van der Waals surface area contributed by atoms with Crippen molar-refractivity contribution < 1.29 is 9.59 Å². The molecule has 0 spiro atoms. The molecule has 3 aromatic carbocycles. The Morgan fingerprint density at radius 2 is 1.35 bits per heavy atom. The second-order valence-electron chi connectivity index (χ2n) is 8.06. The maximum atomic E-state index is 12.5. The molecule has 0 fully saturated rings. The van der Waals surface area contributed by atoms with Crippen molar-refractivity contribution in [3.05, 3.63) is 115 Å². The highest BCUT2D eigenvalue weighted by Gasteiger charge is 2.13.